The van der Waals surface area contributed by atoms with Crippen LogP contribution in [0.25, 0.3) is 15.5 Å². The molecule has 4 aromatic rings. The number of fused-ring (bicyclic) bond motifs is 1. The van der Waals surface area contributed by atoms with Gasteiger partial charge in [0.1, 0.15) is 11.0 Å². The van der Waals surface area contributed by atoms with Crippen molar-refractivity contribution in [3.8, 4) is 10.6 Å². The molecule has 0 radical (unpaired) electrons. The zero-order chi connectivity index (χ0) is 21.8. The summed E-state index contributed by atoms with van der Waals surface area (Å²) in [7, 11) is 1.30. The molecule has 0 fully saturated rings. The third-order valence-electron chi connectivity index (χ3n) is 4.59. The van der Waals surface area contributed by atoms with Crippen LogP contribution in [0.3, 0.4) is 0 Å². The molecule has 0 aliphatic carbocycles. The number of hydrogen-bond donors (Lipinski definition) is 2. The van der Waals surface area contributed by atoms with E-state index in [1.807, 2.05) is 55.5 Å². The van der Waals surface area contributed by atoms with Gasteiger partial charge in [-0.05, 0) is 24.6 Å². The molecule has 0 spiro atoms. The molecule has 0 bridgehead atoms. The Morgan fingerprint density at radius 2 is 1.94 bits per heavy atom. The monoisotopic (exact) mass is 436 g/mol. The predicted molar refractivity (Wildman–Crippen MR) is 117 cm³/mol. The van der Waals surface area contributed by atoms with Crippen LogP contribution in [-0.2, 0) is 16.0 Å². The molecule has 158 valence electrons. The number of benzene rings is 2. The van der Waals surface area contributed by atoms with Crippen molar-refractivity contribution in [1.29, 1.82) is 0 Å². The Labute approximate surface area is 182 Å². The molecule has 2 N–H and O–H groups in total. The van der Waals surface area contributed by atoms with E-state index in [0.29, 0.717) is 22.9 Å². The van der Waals surface area contributed by atoms with Crippen molar-refractivity contribution in [1.82, 2.24) is 25.1 Å². The zero-order valence-corrected chi connectivity index (χ0v) is 17.7. The van der Waals surface area contributed by atoms with Crippen LogP contribution in [0.4, 0.5) is 10.5 Å². The van der Waals surface area contributed by atoms with E-state index in [4.69, 9.17) is 4.74 Å². The van der Waals surface area contributed by atoms with Crippen LogP contribution in [0.15, 0.2) is 54.6 Å². The third-order valence-corrected chi connectivity index (χ3v) is 5.54. The molecule has 1 atom stereocenters. The largest absolute Gasteiger partial charge is 0.467 e. The normalized spacial score (nSPS) is 11.8. The standard InChI is InChI=1S/C21H20N6O3S/c1-13-24-25-21-27(13)26-18(31-21)15-9-6-10-16(12-15)22-20(29)23-17(19(28)30-2)11-14-7-4-3-5-8-14/h3-10,12,17H,11H2,1-2H3,(H2,22,23,29). The molecular weight excluding hydrogens is 416 g/mol. The van der Waals surface area contributed by atoms with Crippen molar-refractivity contribution in [3.63, 3.8) is 0 Å². The van der Waals surface area contributed by atoms with Crippen LogP contribution in [0, 0.1) is 6.92 Å². The second-order valence-electron chi connectivity index (χ2n) is 6.79. The van der Waals surface area contributed by atoms with Gasteiger partial charge < -0.3 is 15.4 Å². The zero-order valence-electron chi connectivity index (χ0n) is 16.9. The van der Waals surface area contributed by atoms with E-state index in [2.05, 4.69) is 25.9 Å². The van der Waals surface area contributed by atoms with E-state index >= 15 is 0 Å². The average molecular weight is 436 g/mol. The summed E-state index contributed by atoms with van der Waals surface area (Å²) >= 11 is 1.41. The molecule has 1 unspecified atom stereocenters. The molecule has 10 heteroatoms. The lowest BCUT2D eigenvalue weighted by Gasteiger charge is -2.17. The number of aryl methyl sites for hydroxylation is 1. The van der Waals surface area contributed by atoms with Gasteiger partial charge in [0.25, 0.3) is 0 Å². The number of carbonyl (C=O) groups excluding carboxylic acids is 2. The fourth-order valence-electron chi connectivity index (χ4n) is 3.07. The number of ether oxygens (including phenoxy) is 1. The van der Waals surface area contributed by atoms with E-state index in [-0.39, 0.29) is 0 Å². The minimum atomic E-state index is -0.808. The summed E-state index contributed by atoms with van der Waals surface area (Å²) in [6.07, 6.45) is 0.327. The van der Waals surface area contributed by atoms with Crippen LogP contribution in [-0.4, -0.2) is 45.0 Å². The van der Waals surface area contributed by atoms with Crippen molar-refractivity contribution in [3.05, 3.63) is 66.0 Å². The summed E-state index contributed by atoms with van der Waals surface area (Å²) < 4.78 is 6.52. The summed E-state index contributed by atoms with van der Waals surface area (Å²) in [5.41, 5.74) is 2.32. The predicted octanol–water partition coefficient (Wildman–Crippen LogP) is 3.07. The first-order valence-electron chi connectivity index (χ1n) is 9.52. The van der Waals surface area contributed by atoms with E-state index < -0.39 is 18.0 Å². The maximum atomic E-state index is 12.6. The number of hydrogen-bond acceptors (Lipinski definition) is 7. The maximum absolute atomic E-state index is 12.6. The lowest BCUT2D eigenvalue weighted by atomic mass is 10.1. The highest BCUT2D eigenvalue weighted by Crippen LogP contribution is 2.27. The fourth-order valence-corrected chi connectivity index (χ4v) is 3.95. The third kappa shape index (κ3) is 4.69. The summed E-state index contributed by atoms with van der Waals surface area (Å²) in [5.74, 6) is 0.196. The highest BCUT2D eigenvalue weighted by atomic mass is 32.1. The number of rotatable bonds is 6. The van der Waals surface area contributed by atoms with Gasteiger partial charge in [-0.15, -0.1) is 10.2 Å². The van der Waals surface area contributed by atoms with Gasteiger partial charge >= 0.3 is 12.0 Å². The Kier molecular flexibility index (Phi) is 5.89. The first-order valence-corrected chi connectivity index (χ1v) is 10.3. The fraction of sp³-hybridized carbons (Fsp3) is 0.190. The molecule has 2 aromatic carbocycles. The molecule has 31 heavy (non-hydrogen) atoms. The van der Waals surface area contributed by atoms with E-state index in [9.17, 15) is 9.59 Å². The molecule has 0 aliphatic rings. The van der Waals surface area contributed by atoms with Crippen LogP contribution >= 0.6 is 11.3 Å². The molecule has 2 aromatic heterocycles. The van der Waals surface area contributed by atoms with E-state index in [1.54, 1.807) is 10.6 Å². The smallest absolute Gasteiger partial charge is 0.328 e. The molecule has 2 heterocycles. The Bertz CT molecular complexity index is 1220. The number of urea groups is 1. The van der Waals surface area contributed by atoms with Crippen LogP contribution in [0.2, 0.25) is 0 Å². The highest BCUT2D eigenvalue weighted by Gasteiger charge is 2.22. The van der Waals surface area contributed by atoms with Crippen molar-refractivity contribution < 1.29 is 14.3 Å². The van der Waals surface area contributed by atoms with Gasteiger partial charge in [-0.2, -0.15) is 9.61 Å². The quantitative estimate of drug-likeness (QED) is 0.450. The Hall–Kier alpha value is -3.79. The SMILES string of the molecule is COC(=O)C(Cc1ccccc1)NC(=O)Nc1cccc(-c2nn3c(C)nnc3s2)c1. The maximum Gasteiger partial charge on any atom is 0.328 e. The van der Waals surface area contributed by atoms with Crippen LogP contribution < -0.4 is 10.6 Å². The van der Waals surface area contributed by atoms with Gasteiger partial charge in [0.05, 0.1) is 7.11 Å². The number of nitrogens with zero attached hydrogens (tertiary/aromatic N) is 4. The number of esters is 1. The van der Waals surface area contributed by atoms with Crippen molar-refractivity contribution in [2.45, 2.75) is 19.4 Å². The molecular formula is C21H20N6O3S. The Morgan fingerprint density at radius 3 is 2.68 bits per heavy atom. The number of methoxy groups -OCH3 is 1. The second-order valence-corrected chi connectivity index (χ2v) is 7.75. The topological polar surface area (TPSA) is 111 Å². The summed E-state index contributed by atoms with van der Waals surface area (Å²) in [6.45, 7) is 1.83. The number of nitrogens with one attached hydrogen (secondary N) is 2. The minimum Gasteiger partial charge on any atom is -0.467 e. The van der Waals surface area contributed by atoms with Gasteiger partial charge in [-0.25, -0.2) is 9.59 Å². The van der Waals surface area contributed by atoms with Crippen LogP contribution in [0.5, 0.6) is 0 Å². The van der Waals surface area contributed by atoms with Gasteiger partial charge in [-0.1, -0.05) is 53.8 Å². The Morgan fingerprint density at radius 1 is 1.13 bits per heavy atom. The minimum absolute atomic E-state index is 0.327. The first kappa shape index (κ1) is 20.5. The summed E-state index contributed by atoms with van der Waals surface area (Å²) in [4.78, 5) is 25.4. The van der Waals surface area contributed by atoms with Crippen molar-refractivity contribution in [2.24, 2.45) is 0 Å². The molecule has 2 amide bonds. The number of aromatic nitrogens is 4. The van der Waals surface area contributed by atoms with Gasteiger partial charge in [0.2, 0.25) is 4.96 Å². The summed E-state index contributed by atoms with van der Waals surface area (Å²) in [5, 5.41) is 18.8. The van der Waals surface area contributed by atoms with Gasteiger partial charge in [0, 0.05) is 17.7 Å². The van der Waals surface area contributed by atoms with Crippen LogP contribution in [0.1, 0.15) is 11.4 Å². The van der Waals surface area contributed by atoms with E-state index in [1.165, 1.54) is 18.4 Å². The summed E-state index contributed by atoms with van der Waals surface area (Å²) in [6, 6.07) is 15.4. The highest BCUT2D eigenvalue weighted by molar-refractivity contribution is 7.19. The van der Waals surface area contributed by atoms with Crippen molar-refractivity contribution in [2.75, 3.05) is 12.4 Å². The number of carbonyl (C=O) groups is 2. The second kappa shape index (κ2) is 8.92. The Balaban J connectivity index is 1.47. The average Bonchev–Trinajstić information content (AvgIpc) is 3.36. The van der Waals surface area contributed by atoms with Gasteiger partial charge in [0.15, 0.2) is 5.82 Å². The molecule has 4 rings (SSSR count). The number of amides is 2. The molecule has 9 nitrogen and oxygen atoms in total. The van der Waals surface area contributed by atoms with Gasteiger partial charge in [-0.3, -0.25) is 0 Å². The lowest BCUT2D eigenvalue weighted by molar-refractivity contribution is -0.142. The van der Waals surface area contributed by atoms with Crippen molar-refractivity contribution >= 4 is 34.0 Å². The number of anilines is 1. The molecule has 0 saturated carbocycles. The lowest BCUT2D eigenvalue weighted by Crippen LogP contribution is -2.45. The first-order chi connectivity index (χ1) is 15.0. The molecule has 0 aliphatic heterocycles. The van der Waals surface area contributed by atoms with E-state index in [0.717, 1.165) is 16.1 Å². The molecule has 0 saturated heterocycles.